The third-order valence-electron chi connectivity index (χ3n) is 3.85. The number of benzene rings is 1. The molecule has 0 heterocycles. The number of hydrogen-bond acceptors (Lipinski definition) is 3. The molecule has 24 heavy (non-hydrogen) atoms. The van der Waals surface area contributed by atoms with Gasteiger partial charge in [0.15, 0.2) is 5.96 Å². The molecular formula is C15H24ClIN4O2S. The van der Waals surface area contributed by atoms with E-state index >= 15 is 0 Å². The van der Waals surface area contributed by atoms with Crippen LogP contribution in [0.2, 0.25) is 5.02 Å². The third-order valence-corrected chi connectivity index (χ3v) is 4.86. The fraction of sp³-hybridized carbons (Fsp3) is 0.533. The second-order valence-corrected chi connectivity index (χ2v) is 7.95. The highest BCUT2D eigenvalue weighted by atomic mass is 127. The molecule has 1 aromatic rings. The van der Waals surface area contributed by atoms with Crippen molar-refractivity contribution in [2.45, 2.75) is 25.2 Å². The zero-order chi connectivity index (χ0) is 16.9. The van der Waals surface area contributed by atoms with Gasteiger partial charge in [0, 0.05) is 23.5 Å². The number of sulfonamides is 1. The van der Waals surface area contributed by atoms with Crippen LogP contribution in [0.4, 0.5) is 0 Å². The van der Waals surface area contributed by atoms with E-state index in [0.29, 0.717) is 19.0 Å². The Morgan fingerprint density at radius 3 is 2.62 bits per heavy atom. The van der Waals surface area contributed by atoms with E-state index in [-0.39, 0.29) is 41.7 Å². The van der Waals surface area contributed by atoms with E-state index in [2.05, 4.69) is 21.7 Å². The summed E-state index contributed by atoms with van der Waals surface area (Å²) in [7, 11) is -3.47. The average molecular weight is 487 g/mol. The van der Waals surface area contributed by atoms with Gasteiger partial charge < -0.3 is 10.6 Å². The summed E-state index contributed by atoms with van der Waals surface area (Å²) >= 11 is 6.07. The Balaban J connectivity index is 0.00000288. The summed E-state index contributed by atoms with van der Waals surface area (Å²) in [4.78, 5) is 4.59. The maximum absolute atomic E-state index is 11.0. The standard InChI is InChI=1S/C15H23ClN4O2S.HI/c1-2-18-14(19-8-9-23(17,21)22)20-11-15(6-7-15)12-4-3-5-13(16)10-12;/h3-5,10H,2,6-9,11H2,1H3,(H2,17,21,22)(H2,18,19,20);1H. The van der Waals surface area contributed by atoms with Crippen LogP contribution in [0.3, 0.4) is 0 Å². The highest BCUT2D eigenvalue weighted by Gasteiger charge is 2.44. The monoisotopic (exact) mass is 486 g/mol. The highest BCUT2D eigenvalue weighted by molar-refractivity contribution is 14.0. The lowest BCUT2D eigenvalue weighted by atomic mass is 9.96. The van der Waals surface area contributed by atoms with Gasteiger partial charge in [-0.25, -0.2) is 13.6 Å². The second-order valence-electron chi connectivity index (χ2n) is 5.78. The maximum Gasteiger partial charge on any atom is 0.210 e. The van der Waals surface area contributed by atoms with Gasteiger partial charge in [-0.3, -0.25) is 4.99 Å². The van der Waals surface area contributed by atoms with Crippen molar-refractivity contribution < 1.29 is 8.42 Å². The first-order valence-corrected chi connectivity index (χ1v) is 9.73. The summed E-state index contributed by atoms with van der Waals surface area (Å²) in [6.45, 7) is 3.53. The van der Waals surface area contributed by atoms with Crippen LogP contribution >= 0.6 is 35.6 Å². The quantitative estimate of drug-likeness (QED) is 0.311. The predicted molar refractivity (Wildman–Crippen MR) is 110 cm³/mol. The Hall–Kier alpha value is -0.580. The van der Waals surface area contributed by atoms with Crippen LogP contribution in [0.1, 0.15) is 25.3 Å². The third kappa shape index (κ3) is 6.73. The Kier molecular flexibility index (Phi) is 8.24. The van der Waals surface area contributed by atoms with Crippen LogP contribution in [0.15, 0.2) is 29.3 Å². The van der Waals surface area contributed by atoms with E-state index < -0.39 is 10.0 Å². The molecule has 1 saturated carbocycles. The maximum atomic E-state index is 11.0. The molecular weight excluding hydrogens is 463 g/mol. The van der Waals surface area contributed by atoms with Crippen molar-refractivity contribution in [3.8, 4) is 0 Å². The number of halogens is 2. The number of nitrogens with two attached hydrogens (primary N) is 1. The second kappa shape index (κ2) is 9.21. The van der Waals surface area contributed by atoms with Gasteiger partial charge in [-0.15, -0.1) is 24.0 Å². The Morgan fingerprint density at radius 2 is 2.08 bits per heavy atom. The molecule has 0 aliphatic heterocycles. The molecule has 0 amide bonds. The van der Waals surface area contributed by atoms with Crippen LogP contribution in [-0.2, 0) is 15.4 Å². The number of nitrogens with zero attached hydrogens (tertiary/aromatic N) is 1. The Labute approximate surface area is 165 Å². The van der Waals surface area contributed by atoms with Gasteiger partial charge in [-0.1, -0.05) is 23.7 Å². The molecule has 4 N–H and O–H groups in total. The minimum Gasteiger partial charge on any atom is -0.357 e. The van der Waals surface area contributed by atoms with Crippen molar-refractivity contribution in [2.75, 3.05) is 25.4 Å². The molecule has 2 rings (SSSR count). The van der Waals surface area contributed by atoms with Gasteiger partial charge >= 0.3 is 0 Å². The van der Waals surface area contributed by atoms with Gasteiger partial charge in [0.1, 0.15) is 0 Å². The predicted octanol–water partition coefficient (Wildman–Crippen LogP) is 1.83. The lowest BCUT2D eigenvalue weighted by Gasteiger charge is -2.16. The molecule has 1 aliphatic rings. The summed E-state index contributed by atoms with van der Waals surface area (Å²) in [5, 5.41) is 11.8. The van der Waals surface area contributed by atoms with Crippen molar-refractivity contribution >= 4 is 51.6 Å². The largest absolute Gasteiger partial charge is 0.357 e. The first-order chi connectivity index (χ1) is 10.8. The first-order valence-electron chi connectivity index (χ1n) is 7.63. The van der Waals surface area contributed by atoms with Gasteiger partial charge in [0.05, 0.1) is 12.3 Å². The summed E-state index contributed by atoms with van der Waals surface area (Å²) in [5.41, 5.74) is 1.25. The van der Waals surface area contributed by atoms with E-state index in [9.17, 15) is 8.42 Å². The molecule has 1 fully saturated rings. The van der Waals surface area contributed by atoms with Crippen LogP contribution in [0.25, 0.3) is 0 Å². The average Bonchev–Trinajstić information content (AvgIpc) is 3.25. The molecule has 0 saturated heterocycles. The van der Waals surface area contributed by atoms with Crippen molar-refractivity contribution in [3.05, 3.63) is 34.9 Å². The summed E-state index contributed by atoms with van der Waals surface area (Å²) in [6.07, 6.45) is 2.15. The number of nitrogens with one attached hydrogen (secondary N) is 2. The van der Waals surface area contributed by atoms with Crippen molar-refractivity contribution in [2.24, 2.45) is 10.1 Å². The smallest absolute Gasteiger partial charge is 0.210 e. The van der Waals surface area contributed by atoms with Crippen LogP contribution in [0.5, 0.6) is 0 Å². The molecule has 0 aromatic heterocycles. The van der Waals surface area contributed by atoms with Crippen molar-refractivity contribution in [3.63, 3.8) is 0 Å². The van der Waals surface area contributed by atoms with Gasteiger partial charge in [0.25, 0.3) is 0 Å². The van der Waals surface area contributed by atoms with E-state index in [0.717, 1.165) is 17.9 Å². The van der Waals surface area contributed by atoms with E-state index in [1.165, 1.54) is 5.56 Å². The molecule has 6 nitrogen and oxygen atoms in total. The Bertz CT molecular complexity index is 678. The number of rotatable bonds is 7. The molecule has 9 heteroatoms. The molecule has 0 spiro atoms. The zero-order valence-electron chi connectivity index (χ0n) is 13.6. The van der Waals surface area contributed by atoms with Crippen LogP contribution < -0.4 is 15.8 Å². The summed E-state index contributed by atoms with van der Waals surface area (Å²) in [5.74, 6) is 0.473. The van der Waals surface area contributed by atoms with Crippen LogP contribution in [0, 0.1) is 0 Å². The fourth-order valence-corrected chi connectivity index (χ4v) is 2.97. The number of primary sulfonamides is 1. The normalized spacial score (nSPS) is 16.2. The van der Waals surface area contributed by atoms with Gasteiger partial charge in [-0.05, 0) is 37.5 Å². The molecule has 1 aliphatic carbocycles. The van der Waals surface area contributed by atoms with E-state index in [1.54, 1.807) is 0 Å². The molecule has 0 unspecified atom stereocenters. The minimum atomic E-state index is -3.47. The van der Waals surface area contributed by atoms with Crippen molar-refractivity contribution in [1.82, 2.24) is 10.6 Å². The lowest BCUT2D eigenvalue weighted by molar-refractivity contribution is 0.596. The zero-order valence-corrected chi connectivity index (χ0v) is 17.5. The van der Waals surface area contributed by atoms with E-state index in [1.807, 2.05) is 25.1 Å². The fourth-order valence-electron chi connectivity index (χ4n) is 2.39. The Morgan fingerprint density at radius 1 is 1.38 bits per heavy atom. The number of aliphatic imine (C=N–C) groups is 1. The van der Waals surface area contributed by atoms with Gasteiger partial charge in [-0.2, -0.15) is 0 Å². The molecule has 0 bridgehead atoms. The molecule has 0 atom stereocenters. The number of guanidine groups is 1. The van der Waals surface area contributed by atoms with Crippen LogP contribution in [-0.4, -0.2) is 39.8 Å². The highest BCUT2D eigenvalue weighted by Crippen LogP contribution is 2.48. The number of hydrogen-bond donors (Lipinski definition) is 3. The van der Waals surface area contributed by atoms with E-state index in [4.69, 9.17) is 16.7 Å². The minimum absolute atomic E-state index is 0. The van der Waals surface area contributed by atoms with Gasteiger partial charge in [0.2, 0.25) is 10.0 Å². The lowest BCUT2D eigenvalue weighted by Crippen LogP contribution is -2.40. The van der Waals surface area contributed by atoms with Crippen molar-refractivity contribution in [1.29, 1.82) is 0 Å². The SMILES string of the molecule is CCNC(=NCC1(c2cccc(Cl)c2)CC1)NCCS(N)(=O)=O.I. The topological polar surface area (TPSA) is 96.6 Å². The molecule has 136 valence electrons. The molecule has 1 aromatic carbocycles. The summed E-state index contributed by atoms with van der Waals surface area (Å²) in [6, 6.07) is 7.89. The summed E-state index contributed by atoms with van der Waals surface area (Å²) < 4.78 is 22.0. The first kappa shape index (κ1) is 21.5. The molecule has 0 radical (unpaired) electrons.